The predicted octanol–water partition coefficient (Wildman–Crippen LogP) is 2.50. The first-order chi connectivity index (χ1) is 7.72. The van der Waals surface area contributed by atoms with Crippen LogP contribution in [0.4, 0.5) is 0 Å². The molecule has 0 spiro atoms. The van der Waals surface area contributed by atoms with Crippen molar-refractivity contribution >= 4 is 21.6 Å². The molecule has 3 aromatic rings. The average molecular weight is 277 g/mol. The molecule has 0 saturated heterocycles. The molecule has 0 unspecified atom stereocenters. The van der Waals surface area contributed by atoms with Gasteiger partial charge in [-0.3, -0.25) is 4.68 Å². The molecule has 80 valence electrons. The molecule has 0 amide bonds. The number of halogens is 1. The zero-order valence-electron chi connectivity index (χ0n) is 8.63. The lowest BCUT2D eigenvalue weighted by atomic mass is 10.3. The van der Waals surface area contributed by atoms with Gasteiger partial charge in [0.2, 0.25) is 0 Å². The molecule has 0 aliphatic rings. The summed E-state index contributed by atoms with van der Waals surface area (Å²) in [5, 5.41) is 4.14. The van der Waals surface area contributed by atoms with E-state index in [9.17, 15) is 0 Å². The SMILES string of the molecule is Cn1cc(-c2cn3cc(Br)ccc3n2)cn1. The van der Waals surface area contributed by atoms with Crippen LogP contribution < -0.4 is 0 Å². The quantitative estimate of drug-likeness (QED) is 0.685. The number of aromatic nitrogens is 4. The van der Waals surface area contributed by atoms with E-state index in [2.05, 4.69) is 26.0 Å². The van der Waals surface area contributed by atoms with E-state index in [1.165, 1.54) is 0 Å². The fourth-order valence-corrected chi connectivity index (χ4v) is 2.01. The lowest BCUT2D eigenvalue weighted by Gasteiger charge is -1.91. The molecule has 5 heteroatoms. The molecule has 0 aromatic carbocycles. The Bertz CT molecular complexity index is 653. The lowest BCUT2D eigenvalue weighted by Crippen LogP contribution is -1.84. The first kappa shape index (κ1) is 9.59. The summed E-state index contributed by atoms with van der Waals surface area (Å²) in [5.41, 5.74) is 2.90. The number of hydrogen-bond donors (Lipinski definition) is 0. The minimum absolute atomic E-state index is 0.932. The van der Waals surface area contributed by atoms with Gasteiger partial charge in [-0.05, 0) is 28.1 Å². The maximum atomic E-state index is 4.53. The van der Waals surface area contributed by atoms with Crippen molar-refractivity contribution < 1.29 is 0 Å². The third kappa shape index (κ3) is 1.53. The number of hydrogen-bond acceptors (Lipinski definition) is 2. The molecule has 0 aliphatic carbocycles. The maximum Gasteiger partial charge on any atom is 0.137 e. The molecule has 16 heavy (non-hydrogen) atoms. The smallest absolute Gasteiger partial charge is 0.137 e. The highest BCUT2D eigenvalue weighted by Gasteiger charge is 2.05. The second kappa shape index (κ2) is 3.45. The highest BCUT2D eigenvalue weighted by Crippen LogP contribution is 2.19. The van der Waals surface area contributed by atoms with E-state index >= 15 is 0 Å². The number of nitrogens with zero attached hydrogens (tertiary/aromatic N) is 4. The van der Waals surface area contributed by atoms with Gasteiger partial charge in [-0.25, -0.2) is 4.98 Å². The third-order valence-corrected chi connectivity index (χ3v) is 2.88. The van der Waals surface area contributed by atoms with E-state index in [-0.39, 0.29) is 0 Å². The van der Waals surface area contributed by atoms with Crippen LogP contribution in [0.1, 0.15) is 0 Å². The second-order valence-corrected chi connectivity index (χ2v) is 4.56. The van der Waals surface area contributed by atoms with Crippen LogP contribution in [0.5, 0.6) is 0 Å². The number of fused-ring (bicyclic) bond motifs is 1. The summed E-state index contributed by atoms with van der Waals surface area (Å²) in [6.07, 6.45) is 7.76. The van der Waals surface area contributed by atoms with Crippen molar-refractivity contribution in [2.24, 2.45) is 7.05 Å². The summed E-state index contributed by atoms with van der Waals surface area (Å²) >= 11 is 3.44. The Kier molecular flexibility index (Phi) is 2.07. The maximum absolute atomic E-state index is 4.53. The first-order valence-corrected chi connectivity index (χ1v) is 5.65. The molecular weight excluding hydrogens is 268 g/mol. The fraction of sp³-hybridized carbons (Fsp3) is 0.0909. The molecule has 0 fully saturated rings. The fourth-order valence-electron chi connectivity index (χ4n) is 1.66. The van der Waals surface area contributed by atoms with Crippen molar-refractivity contribution in [1.82, 2.24) is 19.2 Å². The minimum Gasteiger partial charge on any atom is -0.305 e. The van der Waals surface area contributed by atoms with E-state index < -0.39 is 0 Å². The van der Waals surface area contributed by atoms with Crippen LogP contribution in [0.2, 0.25) is 0 Å². The van der Waals surface area contributed by atoms with Crippen molar-refractivity contribution in [2.75, 3.05) is 0 Å². The minimum atomic E-state index is 0.932. The van der Waals surface area contributed by atoms with Crippen LogP contribution in [-0.2, 0) is 7.05 Å². The molecule has 3 rings (SSSR count). The molecule has 3 heterocycles. The van der Waals surface area contributed by atoms with Crippen LogP contribution in [-0.4, -0.2) is 19.2 Å². The molecule has 0 atom stereocenters. The Labute approximate surface area is 101 Å². The molecule has 4 nitrogen and oxygen atoms in total. The van der Waals surface area contributed by atoms with Crippen LogP contribution in [0.15, 0.2) is 41.4 Å². The van der Waals surface area contributed by atoms with E-state index in [1.807, 2.05) is 48.4 Å². The standard InChI is InChI=1S/C11H9BrN4/c1-15-5-8(4-13-15)10-7-16-6-9(12)2-3-11(16)14-10/h2-7H,1H3. The van der Waals surface area contributed by atoms with Gasteiger partial charge in [0.25, 0.3) is 0 Å². The predicted molar refractivity (Wildman–Crippen MR) is 65.1 cm³/mol. The third-order valence-electron chi connectivity index (χ3n) is 2.42. The topological polar surface area (TPSA) is 35.1 Å². The summed E-state index contributed by atoms with van der Waals surface area (Å²) < 4.78 is 4.80. The molecule has 0 aliphatic heterocycles. The summed E-state index contributed by atoms with van der Waals surface area (Å²) in [7, 11) is 1.90. The van der Waals surface area contributed by atoms with Crippen molar-refractivity contribution in [2.45, 2.75) is 0 Å². The normalized spacial score (nSPS) is 11.1. The van der Waals surface area contributed by atoms with E-state index in [4.69, 9.17) is 0 Å². The zero-order chi connectivity index (χ0) is 11.1. The van der Waals surface area contributed by atoms with Crippen LogP contribution in [0.25, 0.3) is 16.9 Å². The number of imidazole rings is 1. The Balaban J connectivity index is 2.18. The summed E-state index contributed by atoms with van der Waals surface area (Å²) in [4.78, 5) is 4.53. The van der Waals surface area contributed by atoms with Crippen LogP contribution in [0, 0.1) is 0 Å². The number of pyridine rings is 1. The highest BCUT2D eigenvalue weighted by atomic mass is 79.9. The lowest BCUT2D eigenvalue weighted by molar-refractivity contribution is 0.768. The molecule has 0 saturated carbocycles. The molecule has 0 radical (unpaired) electrons. The van der Waals surface area contributed by atoms with Gasteiger partial charge in [-0.2, -0.15) is 5.10 Å². The first-order valence-electron chi connectivity index (χ1n) is 4.86. The summed E-state index contributed by atoms with van der Waals surface area (Å²) in [5.74, 6) is 0. The van der Waals surface area contributed by atoms with Gasteiger partial charge in [-0.15, -0.1) is 0 Å². The highest BCUT2D eigenvalue weighted by molar-refractivity contribution is 9.10. The van der Waals surface area contributed by atoms with E-state index in [1.54, 1.807) is 4.68 Å². The Hall–Kier alpha value is -1.62. The van der Waals surface area contributed by atoms with Crippen molar-refractivity contribution in [3.63, 3.8) is 0 Å². The van der Waals surface area contributed by atoms with Gasteiger partial charge in [-0.1, -0.05) is 0 Å². The van der Waals surface area contributed by atoms with Crippen molar-refractivity contribution in [3.05, 3.63) is 41.4 Å². The molecule has 0 N–H and O–H groups in total. The molecular formula is C11H9BrN4. The van der Waals surface area contributed by atoms with Crippen molar-refractivity contribution in [1.29, 1.82) is 0 Å². The Morgan fingerprint density at radius 3 is 2.81 bits per heavy atom. The van der Waals surface area contributed by atoms with Crippen molar-refractivity contribution in [3.8, 4) is 11.3 Å². The Morgan fingerprint density at radius 2 is 2.06 bits per heavy atom. The van der Waals surface area contributed by atoms with Gasteiger partial charge in [0.1, 0.15) is 5.65 Å². The molecule has 0 bridgehead atoms. The monoisotopic (exact) mass is 276 g/mol. The van der Waals surface area contributed by atoms with E-state index in [0.717, 1.165) is 21.4 Å². The second-order valence-electron chi connectivity index (χ2n) is 3.64. The number of rotatable bonds is 1. The summed E-state index contributed by atoms with van der Waals surface area (Å²) in [6, 6.07) is 3.96. The zero-order valence-corrected chi connectivity index (χ0v) is 10.2. The van der Waals surface area contributed by atoms with Gasteiger partial charge < -0.3 is 4.40 Å². The summed E-state index contributed by atoms with van der Waals surface area (Å²) in [6.45, 7) is 0. The molecule has 3 aromatic heterocycles. The largest absolute Gasteiger partial charge is 0.305 e. The van der Waals surface area contributed by atoms with Crippen LogP contribution >= 0.6 is 15.9 Å². The van der Waals surface area contributed by atoms with E-state index in [0.29, 0.717) is 0 Å². The average Bonchev–Trinajstić information content (AvgIpc) is 2.83. The van der Waals surface area contributed by atoms with Gasteiger partial charge in [0.05, 0.1) is 11.9 Å². The van der Waals surface area contributed by atoms with Crippen LogP contribution in [0.3, 0.4) is 0 Å². The van der Waals surface area contributed by atoms with Gasteiger partial charge in [0, 0.05) is 35.7 Å². The van der Waals surface area contributed by atoms with Gasteiger partial charge in [0.15, 0.2) is 0 Å². The number of aryl methyl sites for hydroxylation is 1. The van der Waals surface area contributed by atoms with Gasteiger partial charge >= 0.3 is 0 Å². The Morgan fingerprint density at radius 1 is 1.19 bits per heavy atom.